The number of unbranched alkanes of at least 4 members (excludes halogenated alkanes) is 40. The highest BCUT2D eigenvalue weighted by Crippen LogP contribution is 2.19. The van der Waals surface area contributed by atoms with Gasteiger partial charge in [-0.3, -0.25) is 9.59 Å². The number of hydrogen-bond donors (Lipinski definition) is 3. The highest BCUT2D eigenvalue weighted by Gasteiger charge is 2.24. The minimum absolute atomic E-state index is 0.0789. The first-order valence-electron chi connectivity index (χ1n) is 30.6. The Kier molecular flexibility index (Phi) is 54.9. The zero-order valence-corrected chi connectivity index (χ0v) is 46.0. The van der Waals surface area contributed by atoms with E-state index in [9.17, 15) is 19.8 Å². The van der Waals surface area contributed by atoms with Crippen molar-refractivity contribution in [1.29, 1.82) is 0 Å². The fourth-order valence-corrected chi connectivity index (χ4v) is 9.60. The van der Waals surface area contributed by atoms with Crippen LogP contribution in [0.3, 0.4) is 0 Å². The summed E-state index contributed by atoms with van der Waals surface area (Å²) in [5.74, 6) is -0.460. The molecule has 0 aliphatic heterocycles. The molecule has 3 N–H and O–H groups in total. The molecule has 0 aliphatic carbocycles. The summed E-state index contributed by atoms with van der Waals surface area (Å²) in [5, 5.41) is 23.9. The highest BCUT2D eigenvalue weighted by molar-refractivity contribution is 5.77. The molecule has 0 aromatic carbocycles. The number of esters is 1. The van der Waals surface area contributed by atoms with Crippen LogP contribution in [0, 0.1) is 0 Å². The molecule has 0 saturated carbocycles. The van der Waals surface area contributed by atoms with Gasteiger partial charge in [0.15, 0.2) is 0 Å². The monoisotopic (exact) mass is 958 g/mol. The summed E-state index contributed by atoms with van der Waals surface area (Å²) in [4.78, 5) is 26.3. The van der Waals surface area contributed by atoms with Crippen molar-refractivity contribution in [2.75, 3.05) is 6.61 Å². The van der Waals surface area contributed by atoms with Gasteiger partial charge in [-0.15, -0.1) is 0 Å². The van der Waals surface area contributed by atoms with E-state index in [1.807, 2.05) is 0 Å². The molecular weight excluding hydrogens is 839 g/mol. The topological polar surface area (TPSA) is 95.9 Å². The minimum Gasteiger partial charge on any atom is -0.462 e. The highest BCUT2D eigenvalue weighted by atomic mass is 16.5. The molecule has 6 heteroatoms. The summed E-state index contributed by atoms with van der Waals surface area (Å²) in [6.45, 7) is 6.52. The van der Waals surface area contributed by atoms with E-state index in [-0.39, 0.29) is 24.9 Å². The average Bonchev–Trinajstić information content (AvgIpc) is 3.33. The number of hydrogen-bond acceptors (Lipinski definition) is 5. The van der Waals surface area contributed by atoms with Crippen molar-refractivity contribution >= 4 is 11.9 Å². The Bertz CT molecular complexity index is 1080. The van der Waals surface area contributed by atoms with E-state index >= 15 is 0 Å². The quantitative estimate of drug-likeness (QED) is 0.0321. The Morgan fingerprint density at radius 1 is 0.412 bits per heavy atom. The number of allylic oxidation sites excluding steroid dienone is 4. The second-order valence-electron chi connectivity index (χ2n) is 21.1. The second kappa shape index (κ2) is 56.3. The van der Waals surface area contributed by atoms with Gasteiger partial charge in [0, 0.05) is 6.42 Å². The van der Waals surface area contributed by atoms with Crippen molar-refractivity contribution in [3.05, 3.63) is 24.3 Å². The van der Waals surface area contributed by atoms with Crippen LogP contribution in [0.2, 0.25) is 0 Å². The summed E-state index contributed by atoms with van der Waals surface area (Å²) in [6, 6.07) is -0.700. The van der Waals surface area contributed by atoms with Crippen molar-refractivity contribution in [3.8, 4) is 0 Å². The van der Waals surface area contributed by atoms with E-state index in [4.69, 9.17) is 4.74 Å². The van der Waals surface area contributed by atoms with Crippen LogP contribution in [-0.4, -0.2) is 46.9 Å². The van der Waals surface area contributed by atoms with Gasteiger partial charge in [-0.25, -0.2) is 0 Å². The lowest BCUT2D eigenvalue weighted by Crippen LogP contribution is -2.46. The van der Waals surface area contributed by atoms with E-state index in [1.165, 1.54) is 238 Å². The SMILES string of the molecule is CCCCCCCC/C=C/CCCCCCCCCCCC(=O)OC(CCCCCCCCC/C=C/CCCCCCCC)CC(=O)NC(CO)C(O)CCCCCCCCCCCCCCC. The molecule has 3 atom stereocenters. The number of carbonyl (C=O) groups is 2. The van der Waals surface area contributed by atoms with Crippen LogP contribution in [0.4, 0.5) is 0 Å². The van der Waals surface area contributed by atoms with E-state index in [2.05, 4.69) is 50.4 Å². The zero-order valence-electron chi connectivity index (χ0n) is 46.0. The third-order valence-electron chi connectivity index (χ3n) is 14.3. The van der Waals surface area contributed by atoms with Gasteiger partial charge >= 0.3 is 5.97 Å². The fourth-order valence-electron chi connectivity index (χ4n) is 9.60. The summed E-state index contributed by atoms with van der Waals surface area (Å²) < 4.78 is 5.98. The average molecular weight is 959 g/mol. The van der Waals surface area contributed by atoms with Gasteiger partial charge in [0.2, 0.25) is 5.91 Å². The van der Waals surface area contributed by atoms with E-state index in [1.54, 1.807) is 0 Å². The molecule has 0 bridgehead atoms. The lowest BCUT2D eigenvalue weighted by molar-refractivity contribution is -0.151. The summed E-state index contributed by atoms with van der Waals surface area (Å²) in [7, 11) is 0. The van der Waals surface area contributed by atoms with Crippen LogP contribution in [0.25, 0.3) is 0 Å². The van der Waals surface area contributed by atoms with Crippen LogP contribution in [-0.2, 0) is 14.3 Å². The molecule has 0 radical (unpaired) electrons. The maximum Gasteiger partial charge on any atom is 0.306 e. The third-order valence-corrected chi connectivity index (χ3v) is 14.3. The predicted molar refractivity (Wildman–Crippen MR) is 296 cm³/mol. The van der Waals surface area contributed by atoms with Gasteiger partial charge in [-0.2, -0.15) is 0 Å². The van der Waals surface area contributed by atoms with Crippen LogP contribution in [0.1, 0.15) is 335 Å². The lowest BCUT2D eigenvalue weighted by atomic mass is 10.0. The maximum absolute atomic E-state index is 13.3. The summed E-state index contributed by atoms with van der Waals surface area (Å²) in [5.41, 5.74) is 0. The Balaban J connectivity index is 4.52. The summed E-state index contributed by atoms with van der Waals surface area (Å²) in [6.07, 6.45) is 66.8. The number of carbonyl (C=O) groups excluding carboxylic acids is 2. The van der Waals surface area contributed by atoms with Gasteiger partial charge in [0.1, 0.15) is 6.10 Å². The van der Waals surface area contributed by atoms with Crippen LogP contribution in [0.5, 0.6) is 0 Å². The van der Waals surface area contributed by atoms with Gasteiger partial charge in [-0.05, 0) is 77.0 Å². The lowest BCUT2D eigenvalue weighted by Gasteiger charge is -2.24. The molecule has 0 aromatic rings. The zero-order chi connectivity index (χ0) is 49.5. The Labute approximate surface area is 424 Å². The number of rotatable bonds is 56. The van der Waals surface area contributed by atoms with Gasteiger partial charge < -0.3 is 20.3 Å². The molecular formula is C62H119NO5. The van der Waals surface area contributed by atoms with E-state index in [0.29, 0.717) is 19.3 Å². The van der Waals surface area contributed by atoms with Crippen LogP contribution < -0.4 is 5.32 Å². The largest absolute Gasteiger partial charge is 0.462 e. The first-order chi connectivity index (χ1) is 33.5. The molecule has 68 heavy (non-hydrogen) atoms. The molecule has 0 aromatic heterocycles. The Hall–Kier alpha value is -1.66. The van der Waals surface area contributed by atoms with Crippen molar-refractivity contribution in [2.24, 2.45) is 0 Å². The molecule has 0 spiro atoms. The Morgan fingerprint density at radius 3 is 1.04 bits per heavy atom. The summed E-state index contributed by atoms with van der Waals surface area (Å²) >= 11 is 0. The number of aliphatic hydroxyl groups excluding tert-OH is 2. The van der Waals surface area contributed by atoms with Crippen molar-refractivity contribution < 1.29 is 24.5 Å². The smallest absolute Gasteiger partial charge is 0.306 e. The Morgan fingerprint density at radius 2 is 0.706 bits per heavy atom. The van der Waals surface area contributed by atoms with Gasteiger partial charge in [-0.1, -0.05) is 270 Å². The molecule has 0 rings (SSSR count). The first-order valence-corrected chi connectivity index (χ1v) is 30.6. The van der Waals surface area contributed by atoms with Crippen molar-refractivity contribution in [1.82, 2.24) is 5.32 Å². The molecule has 0 saturated heterocycles. The normalized spacial score (nSPS) is 13.2. The molecule has 0 fully saturated rings. The number of amides is 1. The molecule has 6 nitrogen and oxygen atoms in total. The molecule has 3 unspecified atom stereocenters. The molecule has 1 amide bonds. The second-order valence-corrected chi connectivity index (χ2v) is 21.1. The fraction of sp³-hybridized carbons (Fsp3) is 0.903. The molecule has 0 heterocycles. The van der Waals surface area contributed by atoms with Crippen LogP contribution in [0.15, 0.2) is 24.3 Å². The molecule has 0 aliphatic rings. The number of nitrogens with one attached hydrogen (secondary N) is 1. The van der Waals surface area contributed by atoms with Crippen molar-refractivity contribution in [2.45, 2.75) is 354 Å². The van der Waals surface area contributed by atoms with Crippen LogP contribution >= 0.6 is 0 Å². The van der Waals surface area contributed by atoms with E-state index < -0.39 is 18.2 Å². The third kappa shape index (κ3) is 50.7. The number of aliphatic hydroxyl groups is 2. The predicted octanol–water partition coefficient (Wildman–Crippen LogP) is 19.0. The van der Waals surface area contributed by atoms with Crippen molar-refractivity contribution in [3.63, 3.8) is 0 Å². The molecule has 402 valence electrons. The van der Waals surface area contributed by atoms with Gasteiger partial charge in [0.25, 0.3) is 0 Å². The van der Waals surface area contributed by atoms with E-state index in [0.717, 1.165) is 51.4 Å². The maximum atomic E-state index is 13.3. The van der Waals surface area contributed by atoms with Gasteiger partial charge in [0.05, 0.1) is 25.2 Å². The number of ether oxygens (including phenoxy) is 1. The first kappa shape index (κ1) is 66.3. The standard InChI is InChI=1S/C62H119NO5/c1-4-7-10-13-16-19-22-25-27-29-30-32-34-37-40-43-46-49-52-55-62(67)68-58(53-50-47-44-41-38-36-33-31-28-26-23-20-17-14-11-8-5-2)56-61(66)63-59(57-64)60(65)54-51-48-45-42-39-35-24-21-18-15-12-9-6-3/h25-28,58-60,64-65H,4-24,29-57H2,1-3H3,(H,63,66)/b27-25+,28-26+. The minimum atomic E-state index is -0.786.